The first kappa shape index (κ1) is 15.5. The van der Waals surface area contributed by atoms with E-state index in [0.29, 0.717) is 0 Å². The SMILES string of the molecule is CCCCCC(C)(C)C(=O)NC1CCCCC1O. The largest absolute Gasteiger partial charge is 0.391 e. The molecule has 0 saturated heterocycles. The van der Waals surface area contributed by atoms with Crippen molar-refractivity contribution in [1.29, 1.82) is 0 Å². The van der Waals surface area contributed by atoms with E-state index in [-0.39, 0.29) is 23.5 Å². The van der Waals surface area contributed by atoms with Gasteiger partial charge in [0.05, 0.1) is 12.1 Å². The van der Waals surface area contributed by atoms with Crippen molar-refractivity contribution in [2.75, 3.05) is 0 Å². The number of unbranched alkanes of at least 4 members (excludes halogenated alkanes) is 2. The molecule has 106 valence electrons. The highest BCUT2D eigenvalue weighted by atomic mass is 16.3. The van der Waals surface area contributed by atoms with Gasteiger partial charge in [-0.05, 0) is 19.3 Å². The van der Waals surface area contributed by atoms with Gasteiger partial charge in [-0.2, -0.15) is 0 Å². The molecule has 1 saturated carbocycles. The molecule has 1 rings (SSSR count). The van der Waals surface area contributed by atoms with Crippen molar-refractivity contribution < 1.29 is 9.90 Å². The van der Waals surface area contributed by atoms with Crippen LogP contribution in [0.15, 0.2) is 0 Å². The van der Waals surface area contributed by atoms with Gasteiger partial charge >= 0.3 is 0 Å². The summed E-state index contributed by atoms with van der Waals surface area (Å²) >= 11 is 0. The van der Waals surface area contributed by atoms with Crippen molar-refractivity contribution in [3.05, 3.63) is 0 Å². The quantitative estimate of drug-likeness (QED) is 0.717. The van der Waals surface area contributed by atoms with Crippen LogP contribution in [0.25, 0.3) is 0 Å². The van der Waals surface area contributed by atoms with Crippen LogP contribution in [-0.4, -0.2) is 23.2 Å². The van der Waals surface area contributed by atoms with E-state index in [1.165, 1.54) is 12.8 Å². The molecule has 18 heavy (non-hydrogen) atoms. The third kappa shape index (κ3) is 4.60. The summed E-state index contributed by atoms with van der Waals surface area (Å²) in [6.45, 7) is 6.19. The Morgan fingerprint density at radius 2 is 1.94 bits per heavy atom. The molecule has 2 N–H and O–H groups in total. The molecule has 0 heterocycles. The monoisotopic (exact) mass is 255 g/mol. The molecule has 2 unspecified atom stereocenters. The highest BCUT2D eigenvalue weighted by Gasteiger charge is 2.31. The number of amides is 1. The van der Waals surface area contributed by atoms with Crippen LogP contribution in [0.4, 0.5) is 0 Å². The Kier molecular flexibility index (Phi) is 6.13. The van der Waals surface area contributed by atoms with Gasteiger partial charge in [-0.15, -0.1) is 0 Å². The Balaban J connectivity index is 2.42. The zero-order chi connectivity index (χ0) is 13.6. The minimum absolute atomic E-state index is 0.0308. The van der Waals surface area contributed by atoms with E-state index in [9.17, 15) is 9.90 Å². The van der Waals surface area contributed by atoms with E-state index >= 15 is 0 Å². The maximum atomic E-state index is 12.3. The Morgan fingerprint density at radius 3 is 2.56 bits per heavy atom. The number of nitrogens with one attached hydrogen (secondary N) is 1. The number of hydrogen-bond donors (Lipinski definition) is 2. The molecule has 0 aromatic heterocycles. The van der Waals surface area contributed by atoms with Gasteiger partial charge in [0.1, 0.15) is 0 Å². The van der Waals surface area contributed by atoms with Crippen molar-refractivity contribution in [3.8, 4) is 0 Å². The van der Waals surface area contributed by atoms with Crippen molar-refractivity contribution >= 4 is 5.91 Å². The fourth-order valence-corrected chi connectivity index (χ4v) is 2.57. The van der Waals surface area contributed by atoms with Crippen molar-refractivity contribution in [2.45, 2.75) is 84.3 Å². The fraction of sp³-hybridized carbons (Fsp3) is 0.933. The Hall–Kier alpha value is -0.570. The maximum absolute atomic E-state index is 12.3. The third-order valence-corrected chi connectivity index (χ3v) is 4.07. The minimum atomic E-state index is -0.353. The van der Waals surface area contributed by atoms with Gasteiger partial charge in [0.2, 0.25) is 5.91 Å². The number of aliphatic hydroxyl groups is 1. The Morgan fingerprint density at radius 1 is 1.28 bits per heavy atom. The molecule has 1 aliphatic rings. The number of aliphatic hydroxyl groups excluding tert-OH is 1. The van der Waals surface area contributed by atoms with Crippen LogP contribution in [0.3, 0.4) is 0 Å². The molecule has 3 nitrogen and oxygen atoms in total. The summed E-state index contributed by atoms with van der Waals surface area (Å²) in [6, 6.07) is -0.0308. The van der Waals surface area contributed by atoms with E-state index in [2.05, 4.69) is 12.2 Å². The topological polar surface area (TPSA) is 49.3 Å². The Labute approximate surface area is 111 Å². The second-order valence-corrected chi connectivity index (χ2v) is 6.27. The summed E-state index contributed by atoms with van der Waals surface area (Å²) in [4.78, 5) is 12.3. The second-order valence-electron chi connectivity index (χ2n) is 6.27. The third-order valence-electron chi connectivity index (χ3n) is 4.07. The van der Waals surface area contributed by atoms with E-state index in [4.69, 9.17) is 0 Å². The van der Waals surface area contributed by atoms with E-state index in [1.807, 2.05) is 13.8 Å². The van der Waals surface area contributed by atoms with Crippen molar-refractivity contribution in [3.63, 3.8) is 0 Å². The molecule has 0 bridgehead atoms. The highest BCUT2D eigenvalue weighted by molar-refractivity contribution is 5.82. The van der Waals surface area contributed by atoms with Gasteiger partial charge in [-0.3, -0.25) is 4.79 Å². The lowest BCUT2D eigenvalue weighted by Crippen LogP contribution is -2.49. The van der Waals surface area contributed by atoms with Crippen molar-refractivity contribution in [1.82, 2.24) is 5.32 Å². The van der Waals surface area contributed by atoms with E-state index in [1.54, 1.807) is 0 Å². The molecule has 1 fully saturated rings. The van der Waals surface area contributed by atoms with E-state index in [0.717, 1.165) is 38.5 Å². The standard InChI is InChI=1S/C15H29NO2/c1-4-5-8-11-15(2,3)14(18)16-12-9-6-7-10-13(12)17/h12-13,17H,4-11H2,1-3H3,(H,16,18). The Bertz CT molecular complexity index is 263. The van der Waals surface area contributed by atoms with Gasteiger partial charge in [0.15, 0.2) is 0 Å². The predicted octanol–water partition coefficient (Wildman–Crippen LogP) is 3.01. The maximum Gasteiger partial charge on any atom is 0.225 e. The van der Waals surface area contributed by atoms with Crippen molar-refractivity contribution in [2.24, 2.45) is 5.41 Å². The second kappa shape index (κ2) is 7.13. The van der Waals surface area contributed by atoms with Gasteiger partial charge < -0.3 is 10.4 Å². The molecule has 0 spiro atoms. The van der Waals surface area contributed by atoms with Gasteiger partial charge in [-0.25, -0.2) is 0 Å². The fourth-order valence-electron chi connectivity index (χ4n) is 2.57. The normalized spacial score (nSPS) is 24.9. The minimum Gasteiger partial charge on any atom is -0.391 e. The lowest BCUT2D eigenvalue weighted by molar-refractivity contribution is -0.131. The molecular weight excluding hydrogens is 226 g/mol. The number of carbonyl (C=O) groups is 1. The summed E-state index contributed by atoms with van der Waals surface area (Å²) in [5.41, 5.74) is -0.313. The van der Waals surface area contributed by atoms with Crippen LogP contribution in [-0.2, 0) is 4.79 Å². The smallest absolute Gasteiger partial charge is 0.225 e. The lowest BCUT2D eigenvalue weighted by atomic mass is 9.84. The molecule has 0 aromatic rings. The number of hydrogen-bond acceptors (Lipinski definition) is 2. The van der Waals surface area contributed by atoms with Crippen LogP contribution >= 0.6 is 0 Å². The summed E-state index contributed by atoms with van der Waals surface area (Å²) in [5, 5.41) is 12.9. The van der Waals surface area contributed by atoms with Gasteiger partial charge in [0, 0.05) is 5.41 Å². The molecule has 0 aromatic carbocycles. The first-order valence-corrected chi connectivity index (χ1v) is 7.46. The van der Waals surface area contributed by atoms with Crippen LogP contribution in [0, 0.1) is 5.41 Å². The van der Waals surface area contributed by atoms with Crippen LogP contribution in [0.1, 0.15) is 72.1 Å². The van der Waals surface area contributed by atoms with E-state index < -0.39 is 0 Å². The summed E-state index contributed by atoms with van der Waals surface area (Å²) in [5.74, 6) is 0.101. The summed E-state index contributed by atoms with van der Waals surface area (Å²) in [7, 11) is 0. The van der Waals surface area contributed by atoms with Crippen LogP contribution in [0.2, 0.25) is 0 Å². The first-order valence-electron chi connectivity index (χ1n) is 7.46. The molecule has 1 amide bonds. The average Bonchev–Trinajstić information content (AvgIpc) is 2.32. The molecule has 0 aliphatic heterocycles. The summed E-state index contributed by atoms with van der Waals surface area (Å²) in [6.07, 6.45) is 7.96. The van der Waals surface area contributed by atoms with Gasteiger partial charge in [-0.1, -0.05) is 52.9 Å². The van der Waals surface area contributed by atoms with Crippen LogP contribution < -0.4 is 5.32 Å². The zero-order valence-electron chi connectivity index (χ0n) is 12.2. The number of rotatable bonds is 6. The lowest BCUT2D eigenvalue weighted by Gasteiger charge is -2.32. The first-order chi connectivity index (χ1) is 8.47. The zero-order valence-corrected chi connectivity index (χ0v) is 12.2. The number of carbonyl (C=O) groups excluding carboxylic acids is 1. The van der Waals surface area contributed by atoms with Crippen LogP contribution in [0.5, 0.6) is 0 Å². The predicted molar refractivity (Wildman–Crippen MR) is 74.3 cm³/mol. The average molecular weight is 255 g/mol. The summed E-state index contributed by atoms with van der Waals surface area (Å²) < 4.78 is 0. The van der Waals surface area contributed by atoms with Gasteiger partial charge in [0.25, 0.3) is 0 Å². The molecule has 0 radical (unpaired) electrons. The molecule has 3 heteroatoms. The molecule has 2 atom stereocenters. The molecular formula is C15H29NO2. The molecule has 1 aliphatic carbocycles. The highest BCUT2D eigenvalue weighted by Crippen LogP contribution is 2.26.